The predicted molar refractivity (Wildman–Crippen MR) is 129 cm³/mol. The Morgan fingerprint density at radius 2 is 1.30 bits per heavy atom. The summed E-state index contributed by atoms with van der Waals surface area (Å²) in [5.41, 5.74) is 11.4. The third-order valence-electron chi connectivity index (χ3n) is 5.10. The smallest absolute Gasteiger partial charge is 0.326 e. The van der Waals surface area contributed by atoms with Gasteiger partial charge in [-0.15, -0.1) is 0 Å². The van der Waals surface area contributed by atoms with E-state index in [2.05, 4.69) is 16.0 Å². The summed E-state index contributed by atoms with van der Waals surface area (Å²) in [7, 11) is 0. The predicted octanol–water partition coefficient (Wildman–Crippen LogP) is -1.80. The Kier molecular flexibility index (Phi) is 12.0. The summed E-state index contributed by atoms with van der Waals surface area (Å²) in [6, 6.07) is -0.250. The Hall–Kier alpha value is -4.20. The molecule has 1 rings (SSSR count). The third kappa shape index (κ3) is 11.4. The van der Waals surface area contributed by atoms with Gasteiger partial charge in [-0.3, -0.25) is 24.0 Å². The Labute approximate surface area is 212 Å². The molecule has 37 heavy (non-hydrogen) atoms. The van der Waals surface area contributed by atoms with Crippen LogP contribution in [0.2, 0.25) is 0 Å². The van der Waals surface area contributed by atoms with Crippen LogP contribution in [0.1, 0.15) is 38.7 Å². The summed E-state index contributed by atoms with van der Waals surface area (Å²) in [4.78, 5) is 72.4. The van der Waals surface area contributed by atoms with Gasteiger partial charge in [0.2, 0.25) is 23.6 Å². The van der Waals surface area contributed by atoms with Gasteiger partial charge in [-0.2, -0.15) is 0 Å². The van der Waals surface area contributed by atoms with Gasteiger partial charge < -0.3 is 42.7 Å². The molecule has 0 spiro atoms. The van der Waals surface area contributed by atoms with E-state index in [-0.39, 0.29) is 24.5 Å². The number of carboxylic acid groups (broad SMARTS) is 2. The SMILES string of the molecule is CC(C)CC(N)C(=O)NC(CC(=O)O)C(=O)NC(CC(N)=O)C(=O)NC(Cc1ccc(O)cc1)C(=O)O. The van der Waals surface area contributed by atoms with Crippen LogP contribution < -0.4 is 27.4 Å². The lowest BCUT2D eigenvalue weighted by Gasteiger charge is -2.24. The number of aliphatic carboxylic acids is 2. The first-order valence-electron chi connectivity index (χ1n) is 11.4. The molecule has 0 heterocycles. The Morgan fingerprint density at radius 3 is 1.76 bits per heavy atom. The average Bonchev–Trinajstić information content (AvgIpc) is 2.77. The van der Waals surface area contributed by atoms with Crippen LogP contribution >= 0.6 is 0 Å². The first-order valence-corrected chi connectivity index (χ1v) is 11.4. The minimum absolute atomic E-state index is 0.0416. The fourth-order valence-electron chi connectivity index (χ4n) is 3.30. The summed E-state index contributed by atoms with van der Waals surface area (Å²) in [5.74, 6) is -6.84. The number of primary amides is 1. The first kappa shape index (κ1) is 30.8. The summed E-state index contributed by atoms with van der Waals surface area (Å²) in [6.45, 7) is 3.63. The van der Waals surface area contributed by atoms with Crippen molar-refractivity contribution in [3.05, 3.63) is 29.8 Å². The second-order valence-electron chi connectivity index (χ2n) is 8.90. The van der Waals surface area contributed by atoms with Crippen LogP contribution in [0.5, 0.6) is 5.75 Å². The molecule has 10 N–H and O–H groups in total. The summed E-state index contributed by atoms with van der Waals surface area (Å²) in [6.07, 6.45) is -1.51. The van der Waals surface area contributed by atoms with Crippen molar-refractivity contribution in [2.24, 2.45) is 17.4 Å². The molecule has 0 saturated carbocycles. The van der Waals surface area contributed by atoms with Crippen LogP contribution in [0.4, 0.5) is 0 Å². The molecule has 0 aliphatic heterocycles. The van der Waals surface area contributed by atoms with E-state index in [4.69, 9.17) is 16.6 Å². The van der Waals surface area contributed by atoms with Crippen molar-refractivity contribution in [2.45, 2.75) is 63.7 Å². The van der Waals surface area contributed by atoms with Gasteiger partial charge >= 0.3 is 11.9 Å². The number of rotatable bonds is 15. The van der Waals surface area contributed by atoms with Crippen molar-refractivity contribution >= 4 is 35.6 Å². The summed E-state index contributed by atoms with van der Waals surface area (Å²) < 4.78 is 0. The van der Waals surface area contributed by atoms with E-state index in [9.17, 15) is 39.0 Å². The zero-order chi connectivity index (χ0) is 28.3. The van der Waals surface area contributed by atoms with Gasteiger partial charge in [0.05, 0.1) is 18.9 Å². The number of nitrogens with one attached hydrogen (secondary N) is 3. The maximum Gasteiger partial charge on any atom is 0.326 e. The number of hydrogen-bond donors (Lipinski definition) is 8. The number of carboxylic acids is 2. The standard InChI is InChI=1S/C23H33N5O9/c1-11(2)7-14(24)20(33)26-16(10-19(31)32)22(35)27-15(9-18(25)30)21(34)28-17(23(36)37)8-12-3-5-13(29)6-4-12/h3-6,11,14-17,29H,7-10,24H2,1-2H3,(H2,25,30)(H,26,33)(H,27,35)(H,28,34)(H,31,32)(H,36,37). The van der Waals surface area contributed by atoms with Gasteiger partial charge in [0.25, 0.3) is 0 Å². The fraction of sp³-hybridized carbons (Fsp3) is 0.478. The maximum atomic E-state index is 12.8. The van der Waals surface area contributed by atoms with E-state index in [0.29, 0.717) is 5.56 Å². The largest absolute Gasteiger partial charge is 0.508 e. The van der Waals surface area contributed by atoms with Gasteiger partial charge in [-0.25, -0.2) is 4.79 Å². The number of carbonyl (C=O) groups is 6. The van der Waals surface area contributed by atoms with Crippen LogP contribution in [0.25, 0.3) is 0 Å². The third-order valence-corrected chi connectivity index (χ3v) is 5.10. The van der Waals surface area contributed by atoms with Gasteiger partial charge in [0, 0.05) is 6.42 Å². The van der Waals surface area contributed by atoms with Crippen molar-refractivity contribution in [3.63, 3.8) is 0 Å². The van der Waals surface area contributed by atoms with Crippen LogP contribution in [0.15, 0.2) is 24.3 Å². The molecule has 204 valence electrons. The Bertz CT molecular complexity index is 997. The number of phenolic OH excluding ortho intramolecular Hbond substituents is 1. The van der Waals surface area contributed by atoms with Crippen molar-refractivity contribution < 1.29 is 44.1 Å². The maximum absolute atomic E-state index is 12.8. The number of benzene rings is 1. The molecule has 4 atom stereocenters. The lowest BCUT2D eigenvalue weighted by molar-refractivity contribution is -0.143. The van der Waals surface area contributed by atoms with E-state index < -0.39 is 72.6 Å². The highest BCUT2D eigenvalue weighted by Gasteiger charge is 2.32. The molecule has 0 radical (unpaired) electrons. The monoisotopic (exact) mass is 523 g/mol. The molecule has 1 aromatic rings. The normalized spacial score (nSPS) is 14.1. The van der Waals surface area contributed by atoms with Crippen LogP contribution in [-0.2, 0) is 35.2 Å². The lowest BCUT2D eigenvalue weighted by atomic mass is 10.0. The van der Waals surface area contributed by atoms with E-state index >= 15 is 0 Å². The van der Waals surface area contributed by atoms with E-state index in [0.717, 1.165) is 0 Å². The van der Waals surface area contributed by atoms with E-state index in [1.807, 2.05) is 13.8 Å². The molecule has 4 amide bonds. The van der Waals surface area contributed by atoms with E-state index in [1.165, 1.54) is 24.3 Å². The first-order chi connectivity index (χ1) is 17.2. The fourth-order valence-corrected chi connectivity index (χ4v) is 3.30. The van der Waals surface area contributed by atoms with Crippen molar-refractivity contribution in [2.75, 3.05) is 0 Å². The minimum atomic E-state index is -1.66. The van der Waals surface area contributed by atoms with Crippen LogP contribution in [-0.4, -0.2) is 75.1 Å². The minimum Gasteiger partial charge on any atom is -0.508 e. The highest BCUT2D eigenvalue weighted by atomic mass is 16.4. The van der Waals surface area contributed by atoms with Gasteiger partial charge in [-0.05, 0) is 30.0 Å². The molecule has 0 saturated heterocycles. The molecule has 14 heteroatoms. The number of carbonyl (C=O) groups excluding carboxylic acids is 4. The average molecular weight is 524 g/mol. The van der Waals surface area contributed by atoms with Crippen molar-refractivity contribution in [1.29, 1.82) is 0 Å². The Balaban J connectivity index is 3.03. The molecule has 0 bridgehead atoms. The zero-order valence-electron chi connectivity index (χ0n) is 20.5. The van der Waals surface area contributed by atoms with Gasteiger partial charge in [0.1, 0.15) is 23.9 Å². The van der Waals surface area contributed by atoms with Crippen molar-refractivity contribution in [1.82, 2.24) is 16.0 Å². The lowest BCUT2D eigenvalue weighted by Crippen LogP contribution is -2.58. The number of amides is 4. The van der Waals surface area contributed by atoms with Crippen molar-refractivity contribution in [3.8, 4) is 5.75 Å². The molecule has 1 aromatic carbocycles. The quantitative estimate of drug-likeness (QED) is 0.128. The summed E-state index contributed by atoms with van der Waals surface area (Å²) in [5, 5.41) is 34.6. The number of nitrogens with two attached hydrogens (primary N) is 2. The molecule has 14 nitrogen and oxygen atoms in total. The van der Waals surface area contributed by atoms with Gasteiger partial charge in [0.15, 0.2) is 0 Å². The second kappa shape index (κ2) is 14.4. The highest BCUT2D eigenvalue weighted by Crippen LogP contribution is 2.12. The van der Waals surface area contributed by atoms with Gasteiger partial charge in [-0.1, -0.05) is 26.0 Å². The molecular weight excluding hydrogens is 490 g/mol. The molecule has 0 fully saturated rings. The molecule has 0 aliphatic rings. The van der Waals surface area contributed by atoms with E-state index in [1.54, 1.807) is 0 Å². The Morgan fingerprint density at radius 1 is 0.811 bits per heavy atom. The molecule has 4 unspecified atom stereocenters. The molecule has 0 aliphatic carbocycles. The zero-order valence-corrected chi connectivity index (χ0v) is 20.5. The molecule has 0 aromatic heterocycles. The number of hydrogen-bond acceptors (Lipinski definition) is 8. The van der Waals surface area contributed by atoms with Crippen LogP contribution in [0.3, 0.4) is 0 Å². The topological polar surface area (TPSA) is 251 Å². The molecular formula is C23H33N5O9. The second-order valence-corrected chi connectivity index (χ2v) is 8.90. The number of phenols is 1. The number of aromatic hydroxyl groups is 1. The highest BCUT2D eigenvalue weighted by molar-refractivity contribution is 5.97. The summed E-state index contributed by atoms with van der Waals surface area (Å²) >= 11 is 0. The van der Waals surface area contributed by atoms with Crippen LogP contribution in [0, 0.1) is 5.92 Å².